The van der Waals surface area contributed by atoms with E-state index in [1.54, 1.807) is 0 Å². The normalized spacial score (nSPS) is 11.8. The highest BCUT2D eigenvalue weighted by Crippen LogP contribution is 2.17. The molecule has 0 aromatic heterocycles. The summed E-state index contributed by atoms with van der Waals surface area (Å²) in [7, 11) is 0. The van der Waals surface area contributed by atoms with Gasteiger partial charge < -0.3 is 10.6 Å². The Morgan fingerprint density at radius 3 is 2.33 bits per heavy atom. The number of aryl methyl sites for hydroxylation is 2. The Bertz CT molecular complexity index is 638. The van der Waals surface area contributed by atoms with Crippen molar-refractivity contribution in [1.82, 2.24) is 5.32 Å². The van der Waals surface area contributed by atoms with Crippen LogP contribution in [-0.2, 0) is 0 Å². The zero-order valence-corrected chi connectivity index (χ0v) is 14.8. The van der Waals surface area contributed by atoms with Crippen LogP contribution in [0.25, 0.3) is 0 Å². The third-order valence-corrected chi connectivity index (χ3v) is 4.23. The molecule has 0 amide bonds. The standard InChI is InChI=1S/C17H19BrN2S/c1-11-4-9-16(10-12(11)2)20-17(21)19-13(3)14-5-7-15(18)8-6-14/h4-10,13H,1-3H3,(H2,19,20,21)/t13-/m1/s1. The maximum Gasteiger partial charge on any atom is 0.171 e. The molecule has 0 saturated carbocycles. The first-order valence-corrected chi connectivity index (χ1v) is 8.06. The molecule has 0 aliphatic rings. The van der Waals surface area contributed by atoms with E-state index in [1.165, 1.54) is 16.7 Å². The highest BCUT2D eigenvalue weighted by Gasteiger charge is 2.07. The molecule has 2 aromatic carbocycles. The molecule has 2 rings (SSSR count). The molecular weight excluding hydrogens is 344 g/mol. The van der Waals surface area contributed by atoms with E-state index in [1.807, 2.05) is 18.2 Å². The van der Waals surface area contributed by atoms with Gasteiger partial charge in [0.05, 0.1) is 6.04 Å². The first-order chi connectivity index (χ1) is 9.95. The first kappa shape index (κ1) is 16.0. The molecule has 4 heteroatoms. The fourth-order valence-corrected chi connectivity index (χ4v) is 2.58. The van der Waals surface area contributed by atoms with Gasteiger partial charge in [0.2, 0.25) is 0 Å². The van der Waals surface area contributed by atoms with Crippen molar-refractivity contribution in [2.45, 2.75) is 26.8 Å². The van der Waals surface area contributed by atoms with Crippen LogP contribution in [0.15, 0.2) is 46.9 Å². The van der Waals surface area contributed by atoms with E-state index in [4.69, 9.17) is 12.2 Å². The summed E-state index contributed by atoms with van der Waals surface area (Å²) in [5, 5.41) is 7.17. The third kappa shape index (κ3) is 4.55. The quantitative estimate of drug-likeness (QED) is 0.741. The van der Waals surface area contributed by atoms with Gasteiger partial charge in [-0.2, -0.15) is 0 Å². The summed E-state index contributed by atoms with van der Waals surface area (Å²) in [4.78, 5) is 0. The molecule has 0 radical (unpaired) electrons. The van der Waals surface area contributed by atoms with E-state index in [2.05, 4.69) is 71.6 Å². The summed E-state index contributed by atoms with van der Waals surface area (Å²) in [5.74, 6) is 0. The SMILES string of the molecule is Cc1ccc(NC(=S)N[C@H](C)c2ccc(Br)cc2)cc1C. The average molecular weight is 363 g/mol. The number of hydrogen-bond donors (Lipinski definition) is 2. The number of nitrogens with one attached hydrogen (secondary N) is 2. The summed E-state index contributed by atoms with van der Waals surface area (Å²) >= 11 is 8.83. The van der Waals surface area contributed by atoms with Crippen LogP contribution in [0.3, 0.4) is 0 Å². The Labute approximate surface area is 140 Å². The Kier molecular flexibility index (Phi) is 5.37. The van der Waals surface area contributed by atoms with Crippen molar-refractivity contribution in [2.75, 3.05) is 5.32 Å². The van der Waals surface area contributed by atoms with Crippen LogP contribution in [0.1, 0.15) is 29.7 Å². The number of hydrogen-bond acceptors (Lipinski definition) is 1. The van der Waals surface area contributed by atoms with E-state index in [0.717, 1.165) is 10.2 Å². The van der Waals surface area contributed by atoms with Crippen LogP contribution in [0.5, 0.6) is 0 Å². The fourth-order valence-electron chi connectivity index (χ4n) is 2.02. The largest absolute Gasteiger partial charge is 0.356 e. The predicted molar refractivity (Wildman–Crippen MR) is 97.8 cm³/mol. The number of rotatable bonds is 3. The van der Waals surface area contributed by atoms with Crippen molar-refractivity contribution >= 4 is 38.9 Å². The van der Waals surface area contributed by atoms with Crippen molar-refractivity contribution < 1.29 is 0 Å². The van der Waals surface area contributed by atoms with Crippen LogP contribution >= 0.6 is 28.1 Å². The molecule has 2 N–H and O–H groups in total. The van der Waals surface area contributed by atoms with Gasteiger partial charge in [-0.15, -0.1) is 0 Å². The lowest BCUT2D eigenvalue weighted by molar-refractivity contribution is 0.722. The maximum atomic E-state index is 5.38. The van der Waals surface area contributed by atoms with Gasteiger partial charge in [0, 0.05) is 10.2 Å². The molecule has 21 heavy (non-hydrogen) atoms. The van der Waals surface area contributed by atoms with Crippen molar-refractivity contribution in [3.05, 3.63) is 63.6 Å². The van der Waals surface area contributed by atoms with Crippen LogP contribution in [0.2, 0.25) is 0 Å². The van der Waals surface area contributed by atoms with Gasteiger partial charge in [0.25, 0.3) is 0 Å². The molecule has 2 aromatic rings. The minimum atomic E-state index is 0.157. The van der Waals surface area contributed by atoms with Crippen molar-refractivity contribution in [3.8, 4) is 0 Å². The van der Waals surface area contributed by atoms with Crippen LogP contribution < -0.4 is 10.6 Å². The van der Waals surface area contributed by atoms with Crippen molar-refractivity contribution in [1.29, 1.82) is 0 Å². The van der Waals surface area contributed by atoms with E-state index in [9.17, 15) is 0 Å². The number of halogens is 1. The average Bonchev–Trinajstić information content (AvgIpc) is 2.43. The lowest BCUT2D eigenvalue weighted by Gasteiger charge is -2.18. The van der Waals surface area contributed by atoms with Gasteiger partial charge in [-0.3, -0.25) is 0 Å². The second-order valence-corrected chi connectivity index (χ2v) is 6.49. The molecule has 0 heterocycles. The molecule has 0 aliphatic carbocycles. The summed E-state index contributed by atoms with van der Waals surface area (Å²) in [5.41, 5.74) is 4.74. The van der Waals surface area contributed by atoms with Crippen molar-refractivity contribution in [3.63, 3.8) is 0 Å². The predicted octanol–water partition coefficient (Wildman–Crippen LogP) is 5.11. The van der Waals surface area contributed by atoms with Crippen molar-refractivity contribution in [2.24, 2.45) is 0 Å². The molecule has 0 bridgehead atoms. The number of thiocarbonyl (C=S) groups is 1. The smallest absolute Gasteiger partial charge is 0.171 e. The van der Waals surface area contributed by atoms with Crippen LogP contribution in [0.4, 0.5) is 5.69 Å². The van der Waals surface area contributed by atoms with Gasteiger partial charge in [0.15, 0.2) is 5.11 Å². The third-order valence-electron chi connectivity index (χ3n) is 3.48. The number of anilines is 1. The lowest BCUT2D eigenvalue weighted by atomic mass is 10.1. The summed E-state index contributed by atoms with van der Waals surface area (Å²) in [6.07, 6.45) is 0. The molecule has 0 saturated heterocycles. The van der Waals surface area contributed by atoms with Gasteiger partial charge in [-0.05, 0) is 73.9 Å². The van der Waals surface area contributed by atoms with Gasteiger partial charge in [-0.25, -0.2) is 0 Å². The summed E-state index contributed by atoms with van der Waals surface area (Å²) in [6.45, 7) is 6.30. The van der Waals surface area contributed by atoms with E-state index in [0.29, 0.717) is 5.11 Å². The number of benzene rings is 2. The Morgan fingerprint density at radius 1 is 1.05 bits per heavy atom. The van der Waals surface area contributed by atoms with Crippen LogP contribution in [0, 0.1) is 13.8 Å². The van der Waals surface area contributed by atoms with E-state index >= 15 is 0 Å². The van der Waals surface area contributed by atoms with Gasteiger partial charge >= 0.3 is 0 Å². The van der Waals surface area contributed by atoms with Gasteiger partial charge in [-0.1, -0.05) is 34.1 Å². The highest BCUT2D eigenvalue weighted by atomic mass is 79.9. The second-order valence-electron chi connectivity index (χ2n) is 5.17. The maximum absolute atomic E-state index is 5.38. The second kappa shape index (κ2) is 7.05. The molecule has 0 fully saturated rings. The molecule has 0 spiro atoms. The van der Waals surface area contributed by atoms with Gasteiger partial charge in [0.1, 0.15) is 0 Å². The van der Waals surface area contributed by atoms with Crippen LogP contribution in [-0.4, -0.2) is 5.11 Å². The van der Waals surface area contributed by atoms with E-state index in [-0.39, 0.29) is 6.04 Å². The lowest BCUT2D eigenvalue weighted by Crippen LogP contribution is -2.30. The molecule has 1 atom stereocenters. The molecular formula is C17H19BrN2S. The summed E-state index contributed by atoms with van der Waals surface area (Å²) < 4.78 is 1.08. The molecule has 2 nitrogen and oxygen atoms in total. The topological polar surface area (TPSA) is 24.1 Å². The molecule has 0 unspecified atom stereocenters. The minimum absolute atomic E-state index is 0.157. The zero-order valence-electron chi connectivity index (χ0n) is 12.4. The Balaban J connectivity index is 1.97. The minimum Gasteiger partial charge on any atom is -0.356 e. The Hall–Kier alpha value is -1.39. The molecule has 110 valence electrons. The van der Waals surface area contributed by atoms with E-state index < -0.39 is 0 Å². The Morgan fingerprint density at radius 2 is 1.71 bits per heavy atom. The summed E-state index contributed by atoms with van der Waals surface area (Å²) in [6, 6.07) is 14.6. The monoisotopic (exact) mass is 362 g/mol. The first-order valence-electron chi connectivity index (χ1n) is 6.86. The molecule has 0 aliphatic heterocycles. The highest BCUT2D eigenvalue weighted by molar-refractivity contribution is 9.10. The fraction of sp³-hybridized carbons (Fsp3) is 0.235. The zero-order chi connectivity index (χ0) is 15.4.